The molecule has 6 nitrogen and oxygen atoms in total. The van der Waals surface area contributed by atoms with Crippen LogP contribution in [0, 0.1) is 6.92 Å². The zero-order valence-electron chi connectivity index (χ0n) is 15.9. The second kappa shape index (κ2) is 8.02. The minimum atomic E-state index is 0.487. The van der Waals surface area contributed by atoms with Crippen LogP contribution in [-0.2, 0) is 6.54 Å². The lowest BCUT2D eigenvalue weighted by Gasteiger charge is -2.36. The van der Waals surface area contributed by atoms with Crippen molar-refractivity contribution in [3.05, 3.63) is 51.8 Å². The van der Waals surface area contributed by atoms with Crippen molar-refractivity contribution in [3.8, 4) is 0 Å². The smallest absolute Gasteiger partial charge is 0.193 e. The van der Waals surface area contributed by atoms with Crippen molar-refractivity contribution in [3.63, 3.8) is 0 Å². The fourth-order valence-corrected chi connectivity index (χ4v) is 4.00. The Balaban J connectivity index is 1.27. The van der Waals surface area contributed by atoms with Gasteiger partial charge < -0.3 is 14.7 Å². The quantitative estimate of drug-likeness (QED) is 0.595. The maximum atomic E-state index is 5.17. The summed E-state index contributed by atoms with van der Waals surface area (Å²) < 4.78 is 6.30. The molecule has 1 saturated heterocycles. The Kier molecular flexibility index (Phi) is 5.50. The molecule has 144 valence electrons. The summed E-state index contributed by atoms with van der Waals surface area (Å²) in [6, 6.07) is 11.2. The van der Waals surface area contributed by atoms with Gasteiger partial charge in [-0.25, -0.2) is 0 Å². The lowest BCUT2D eigenvalue weighted by atomic mass is 10.1. The van der Waals surface area contributed by atoms with Gasteiger partial charge in [0, 0.05) is 62.3 Å². The van der Waals surface area contributed by atoms with Crippen molar-refractivity contribution in [1.29, 1.82) is 0 Å². The number of nitrogens with zero attached hydrogens (tertiary/aromatic N) is 4. The molecule has 2 aliphatic rings. The summed E-state index contributed by atoms with van der Waals surface area (Å²) in [5.41, 5.74) is 2.41. The first kappa shape index (κ1) is 18.5. The molecule has 1 aromatic heterocycles. The third kappa shape index (κ3) is 4.52. The van der Waals surface area contributed by atoms with Gasteiger partial charge in [0.05, 0.1) is 5.69 Å². The standard InChI is InChI=1S/C20H26BrN5O/c1-14-11-17(24-27-14)13-25-7-9-26(10-8-25)20(22-2)23-19-12-18(19)15-3-5-16(21)6-4-15/h3-6,11,18-19H,7-10,12-13H2,1-2H3,(H,22,23). The average Bonchev–Trinajstić information content (AvgIpc) is 3.33. The van der Waals surface area contributed by atoms with Gasteiger partial charge in [-0.05, 0) is 31.0 Å². The van der Waals surface area contributed by atoms with E-state index in [4.69, 9.17) is 4.52 Å². The number of benzene rings is 1. The predicted octanol–water partition coefficient (Wildman–Crippen LogP) is 2.99. The molecule has 27 heavy (non-hydrogen) atoms. The molecular weight excluding hydrogens is 406 g/mol. The first-order chi connectivity index (χ1) is 13.1. The summed E-state index contributed by atoms with van der Waals surface area (Å²) in [4.78, 5) is 9.31. The molecule has 2 aromatic rings. The normalized spacial score (nSPS) is 23.5. The van der Waals surface area contributed by atoms with E-state index in [-0.39, 0.29) is 0 Å². The third-order valence-electron chi connectivity index (χ3n) is 5.35. The molecule has 1 aliphatic heterocycles. The fraction of sp³-hybridized carbons (Fsp3) is 0.500. The van der Waals surface area contributed by atoms with Crippen LogP contribution in [0.1, 0.15) is 29.4 Å². The highest BCUT2D eigenvalue weighted by molar-refractivity contribution is 9.10. The zero-order valence-corrected chi connectivity index (χ0v) is 17.4. The summed E-state index contributed by atoms with van der Waals surface area (Å²) in [7, 11) is 1.88. The number of hydrogen-bond acceptors (Lipinski definition) is 4. The summed E-state index contributed by atoms with van der Waals surface area (Å²) in [6.07, 6.45) is 1.17. The Morgan fingerprint density at radius 1 is 1.26 bits per heavy atom. The number of aryl methyl sites for hydroxylation is 1. The molecular formula is C20H26BrN5O. The number of guanidine groups is 1. The molecule has 2 heterocycles. The number of halogens is 1. The molecule has 2 fully saturated rings. The van der Waals surface area contributed by atoms with E-state index in [1.807, 2.05) is 20.0 Å². The zero-order chi connectivity index (χ0) is 18.8. The SMILES string of the molecule is CN=C(NC1CC1c1ccc(Br)cc1)N1CCN(Cc2cc(C)on2)CC1. The third-order valence-corrected chi connectivity index (χ3v) is 5.88. The van der Waals surface area contributed by atoms with Crippen LogP contribution in [0.2, 0.25) is 0 Å². The summed E-state index contributed by atoms with van der Waals surface area (Å²) in [6.45, 7) is 6.76. The van der Waals surface area contributed by atoms with E-state index in [1.54, 1.807) is 0 Å². The predicted molar refractivity (Wildman–Crippen MR) is 110 cm³/mol. The molecule has 0 bridgehead atoms. The van der Waals surface area contributed by atoms with Crippen molar-refractivity contribution in [2.24, 2.45) is 4.99 Å². The highest BCUT2D eigenvalue weighted by Gasteiger charge is 2.39. The van der Waals surface area contributed by atoms with Crippen LogP contribution in [-0.4, -0.2) is 60.2 Å². The lowest BCUT2D eigenvalue weighted by molar-refractivity contribution is 0.169. The van der Waals surface area contributed by atoms with Gasteiger partial charge in [0.2, 0.25) is 0 Å². The summed E-state index contributed by atoms with van der Waals surface area (Å²) >= 11 is 3.51. The number of nitrogens with one attached hydrogen (secondary N) is 1. The second-order valence-corrected chi connectivity index (χ2v) is 8.30. The highest BCUT2D eigenvalue weighted by atomic mass is 79.9. The Morgan fingerprint density at radius 3 is 2.63 bits per heavy atom. The van der Waals surface area contributed by atoms with E-state index in [9.17, 15) is 0 Å². The molecule has 2 unspecified atom stereocenters. The molecule has 7 heteroatoms. The van der Waals surface area contributed by atoms with Crippen molar-refractivity contribution >= 4 is 21.9 Å². The minimum Gasteiger partial charge on any atom is -0.361 e. The van der Waals surface area contributed by atoms with Gasteiger partial charge in [-0.2, -0.15) is 0 Å². The first-order valence-corrected chi connectivity index (χ1v) is 10.3. The Labute approximate surface area is 168 Å². The maximum Gasteiger partial charge on any atom is 0.193 e. The van der Waals surface area contributed by atoms with Crippen LogP contribution < -0.4 is 5.32 Å². The Hall–Kier alpha value is -1.86. The van der Waals surface area contributed by atoms with E-state index in [0.717, 1.165) is 54.6 Å². The molecule has 1 aromatic carbocycles. The number of aromatic nitrogens is 1. The molecule has 1 saturated carbocycles. The van der Waals surface area contributed by atoms with Gasteiger partial charge >= 0.3 is 0 Å². The van der Waals surface area contributed by atoms with E-state index in [2.05, 4.69) is 65.5 Å². The van der Waals surface area contributed by atoms with Crippen molar-refractivity contribution in [1.82, 2.24) is 20.3 Å². The van der Waals surface area contributed by atoms with E-state index in [0.29, 0.717) is 12.0 Å². The molecule has 0 amide bonds. The first-order valence-electron chi connectivity index (χ1n) is 9.50. The number of hydrogen-bond donors (Lipinski definition) is 1. The average molecular weight is 432 g/mol. The van der Waals surface area contributed by atoms with Crippen molar-refractivity contribution < 1.29 is 4.52 Å². The Morgan fingerprint density at radius 2 is 2.00 bits per heavy atom. The molecule has 1 aliphatic carbocycles. The van der Waals surface area contributed by atoms with Crippen LogP contribution in [0.15, 0.2) is 44.3 Å². The Bertz CT molecular complexity index is 795. The van der Waals surface area contributed by atoms with E-state index in [1.165, 1.54) is 12.0 Å². The fourth-order valence-electron chi connectivity index (χ4n) is 3.74. The lowest BCUT2D eigenvalue weighted by Crippen LogP contribution is -2.52. The highest BCUT2D eigenvalue weighted by Crippen LogP contribution is 2.41. The monoisotopic (exact) mass is 431 g/mol. The molecule has 4 rings (SSSR count). The van der Waals surface area contributed by atoms with Gasteiger partial charge in [0.1, 0.15) is 5.76 Å². The topological polar surface area (TPSA) is 56.9 Å². The molecule has 0 spiro atoms. The van der Waals surface area contributed by atoms with Gasteiger partial charge in [0.25, 0.3) is 0 Å². The number of rotatable bonds is 4. The van der Waals surface area contributed by atoms with Gasteiger partial charge in [-0.3, -0.25) is 9.89 Å². The second-order valence-electron chi connectivity index (χ2n) is 7.38. The molecule has 0 radical (unpaired) electrons. The van der Waals surface area contributed by atoms with Crippen LogP contribution in [0.4, 0.5) is 0 Å². The molecule has 2 atom stereocenters. The van der Waals surface area contributed by atoms with Crippen LogP contribution in [0.25, 0.3) is 0 Å². The van der Waals surface area contributed by atoms with E-state index >= 15 is 0 Å². The van der Waals surface area contributed by atoms with Gasteiger partial charge in [-0.1, -0.05) is 33.2 Å². The van der Waals surface area contributed by atoms with Crippen LogP contribution >= 0.6 is 15.9 Å². The molecule has 1 N–H and O–H groups in total. The van der Waals surface area contributed by atoms with Crippen molar-refractivity contribution in [2.75, 3.05) is 33.2 Å². The number of piperazine rings is 1. The van der Waals surface area contributed by atoms with Crippen LogP contribution in [0.5, 0.6) is 0 Å². The van der Waals surface area contributed by atoms with Crippen LogP contribution in [0.3, 0.4) is 0 Å². The van der Waals surface area contributed by atoms with E-state index < -0.39 is 0 Å². The maximum absolute atomic E-state index is 5.17. The largest absolute Gasteiger partial charge is 0.361 e. The number of aliphatic imine (C=N–C) groups is 1. The summed E-state index contributed by atoms with van der Waals surface area (Å²) in [5, 5.41) is 7.76. The van der Waals surface area contributed by atoms with Crippen molar-refractivity contribution in [2.45, 2.75) is 31.8 Å². The van der Waals surface area contributed by atoms with Gasteiger partial charge in [-0.15, -0.1) is 0 Å². The van der Waals surface area contributed by atoms with Gasteiger partial charge in [0.15, 0.2) is 5.96 Å². The summed E-state index contributed by atoms with van der Waals surface area (Å²) in [5.74, 6) is 2.49. The minimum absolute atomic E-state index is 0.487.